The fraction of sp³-hybridized carbons (Fsp3) is 0.846. The molecule has 0 aromatic carbocycles. The molecular weight excluding hydrogens is 218 g/mol. The fourth-order valence-corrected chi connectivity index (χ4v) is 2.63. The Morgan fingerprint density at radius 3 is 2.76 bits per heavy atom. The number of ketones is 1. The number of amides is 1. The van der Waals surface area contributed by atoms with Crippen molar-refractivity contribution in [2.45, 2.75) is 38.5 Å². The molecule has 1 amide bonds. The average Bonchev–Trinajstić information content (AvgIpc) is 2.38. The summed E-state index contributed by atoms with van der Waals surface area (Å²) >= 11 is 0. The molecular formula is C13H21NO3. The summed E-state index contributed by atoms with van der Waals surface area (Å²) in [4.78, 5) is 25.4. The maximum atomic E-state index is 11.9. The Bertz CT molecular complexity index is 284. The molecule has 0 aromatic rings. The Kier molecular flexibility index (Phi) is 4.54. The molecule has 1 saturated heterocycles. The van der Waals surface area contributed by atoms with E-state index in [1.807, 2.05) is 4.90 Å². The van der Waals surface area contributed by atoms with Crippen molar-refractivity contribution in [3.05, 3.63) is 0 Å². The van der Waals surface area contributed by atoms with E-state index < -0.39 is 0 Å². The second-order valence-corrected chi connectivity index (χ2v) is 4.94. The fourth-order valence-electron chi connectivity index (χ4n) is 2.63. The molecule has 4 heteroatoms. The molecule has 1 aliphatic heterocycles. The lowest BCUT2D eigenvalue weighted by Crippen LogP contribution is -2.40. The van der Waals surface area contributed by atoms with Gasteiger partial charge in [0.25, 0.3) is 0 Å². The van der Waals surface area contributed by atoms with Gasteiger partial charge in [-0.15, -0.1) is 0 Å². The van der Waals surface area contributed by atoms with Crippen molar-refractivity contribution in [1.82, 2.24) is 4.90 Å². The van der Waals surface area contributed by atoms with Gasteiger partial charge in [-0.05, 0) is 19.3 Å². The number of Topliss-reactive ketones (excluding diaryl/α,β-unsaturated/α-hetero) is 1. The lowest BCUT2D eigenvalue weighted by atomic mass is 9.85. The Hall–Kier alpha value is -0.900. The van der Waals surface area contributed by atoms with E-state index in [1.165, 1.54) is 0 Å². The van der Waals surface area contributed by atoms with Gasteiger partial charge in [0.05, 0.1) is 13.2 Å². The molecule has 1 heterocycles. The first-order valence-corrected chi connectivity index (χ1v) is 6.65. The summed E-state index contributed by atoms with van der Waals surface area (Å²) in [5.74, 6) is 0.700. The summed E-state index contributed by atoms with van der Waals surface area (Å²) in [5, 5.41) is 0. The van der Waals surface area contributed by atoms with E-state index in [1.54, 1.807) is 0 Å². The molecule has 0 aromatic heterocycles. The maximum absolute atomic E-state index is 11.9. The predicted molar refractivity (Wildman–Crippen MR) is 63.6 cm³/mol. The third-order valence-electron chi connectivity index (χ3n) is 3.75. The van der Waals surface area contributed by atoms with Crippen molar-refractivity contribution in [1.29, 1.82) is 0 Å². The van der Waals surface area contributed by atoms with E-state index in [0.29, 0.717) is 38.5 Å². The molecule has 0 N–H and O–H groups in total. The van der Waals surface area contributed by atoms with Crippen LogP contribution in [0.5, 0.6) is 0 Å². The van der Waals surface area contributed by atoms with Gasteiger partial charge in [-0.2, -0.15) is 0 Å². The lowest BCUT2D eigenvalue weighted by molar-refractivity contribution is -0.136. The molecule has 1 unspecified atom stereocenters. The van der Waals surface area contributed by atoms with Crippen molar-refractivity contribution in [2.75, 3.05) is 26.3 Å². The molecule has 17 heavy (non-hydrogen) atoms. The average molecular weight is 239 g/mol. The van der Waals surface area contributed by atoms with E-state index in [-0.39, 0.29) is 11.8 Å². The van der Waals surface area contributed by atoms with Gasteiger partial charge in [0.1, 0.15) is 5.78 Å². The highest BCUT2D eigenvalue weighted by Gasteiger charge is 2.24. The Balaban J connectivity index is 1.73. The van der Waals surface area contributed by atoms with Gasteiger partial charge in [0, 0.05) is 31.8 Å². The number of rotatable bonds is 3. The van der Waals surface area contributed by atoms with Crippen LogP contribution in [0.3, 0.4) is 0 Å². The first kappa shape index (κ1) is 12.6. The zero-order valence-corrected chi connectivity index (χ0v) is 10.3. The van der Waals surface area contributed by atoms with E-state index in [2.05, 4.69) is 0 Å². The van der Waals surface area contributed by atoms with E-state index in [0.717, 1.165) is 32.1 Å². The minimum Gasteiger partial charge on any atom is -0.378 e. The molecule has 1 atom stereocenters. The first-order chi connectivity index (χ1) is 8.27. The maximum Gasteiger partial charge on any atom is 0.222 e. The van der Waals surface area contributed by atoms with Crippen molar-refractivity contribution < 1.29 is 14.3 Å². The zero-order valence-electron chi connectivity index (χ0n) is 10.3. The monoisotopic (exact) mass is 239 g/mol. The van der Waals surface area contributed by atoms with Crippen LogP contribution in [0.4, 0.5) is 0 Å². The zero-order chi connectivity index (χ0) is 12.1. The molecule has 2 aliphatic rings. The van der Waals surface area contributed by atoms with Crippen LogP contribution >= 0.6 is 0 Å². The van der Waals surface area contributed by atoms with Gasteiger partial charge in [0.2, 0.25) is 5.91 Å². The number of carbonyl (C=O) groups excluding carboxylic acids is 2. The molecule has 1 aliphatic carbocycles. The molecule has 2 rings (SSSR count). The highest BCUT2D eigenvalue weighted by molar-refractivity contribution is 5.83. The number of hydrogen-bond donors (Lipinski definition) is 0. The van der Waals surface area contributed by atoms with Gasteiger partial charge >= 0.3 is 0 Å². The number of nitrogens with zero attached hydrogens (tertiary/aromatic N) is 1. The molecule has 4 nitrogen and oxygen atoms in total. The Morgan fingerprint density at radius 2 is 2.06 bits per heavy atom. The van der Waals surface area contributed by atoms with Crippen LogP contribution in [-0.2, 0) is 14.3 Å². The third-order valence-corrected chi connectivity index (χ3v) is 3.75. The van der Waals surface area contributed by atoms with Crippen molar-refractivity contribution in [2.24, 2.45) is 5.92 Å². The molecule has 0 spiro atoms. The SMILES string of the molecule is O=C1CCCCC1CCC(=O)N1CCOCC1. The summed E-state index contributed by atoms with van der Waals surface area (Å²) in [6.45, 7) is 2.71. The third kappa shape index (κ3) is 3.53. The van der Waals surface area contributed by atoms with E-state index in [4.69, 9.17) is 4.74 Å². The number of hydrogen-bond acceptors (Lipinski definition) is 3. The van der Waals surface area contributed by atoms with E-state index in [9.17, 15) is 9.59 Å². The van der Waals surface area contributed by atoms with Crippen LogP contribution in [-0.4, -0.2) is 42.9 Å². The Labute approximate surface area is 102 Å². The Morgan fingerprint density at radius 1 is 1.29 bits per heavy atom. The lowest BCUT2D eigenvalue weighted by Gasteiger charge is -2.28. The number of morpholine rings is 1. The highest BCUT2D eigenvalue weighted by Crippen LogP contribution is 2.24. The standard InChI is InChI=1S/C13H21NO3/c15-12-4-2-1-3-11(12)5-6-13(16)14-7-9-17-10-8-14/h11H,1-10H2. The molecule has 1 saturated carbocycles. The van der Waals surface area contributed by atoms with Gasteiger partial charge in [-0.25, -0.2) is 0 Å². The van der Waals surface area contributed by atoms with Gasteiger partial charge in [0.15, 0.2) is 0 Å². The predicted octanol–water partition coefficient (Wildman–Crippen LogP) is 1.38. The molecule has 0 bridgehead atoms. The van der Waals surface area contributed by atoms with Crippen molar-refractivity contribution in [3.63, 3.8) is 0 Å². The first-order valence-electron chi connectivity index (χ1n) is 6.65. The smallest absolute Gasteiger partial charge is 0.222 e. The highest BCUT2D eigenvalue weighted by atomic mass is 16.5. The topological polar surface area (TPSA) is 46.6 Å². The summed E-state index contributed by atoms with van der Waals surface area (Å²) in [6.07, 6.45) is 5.14. The van der Waals surface area contributed by atoms with Crippen LogP contribution in [0.15, 0.2) is 0 Å². The molecule has 96 valence electrons. The van der Waals surface area contributed by atoms with Crippen LogP contribution < -0.4 is 0 Å². The van der Waals surface area contributed by atoms with Crippen molar-refractivity contribution in [3.8, 4) is 0 Å². The normalized spacial score (nSPS) is 26.0. The summed E-state index contributed by atoms with van der Waals surface area (Å²) in [7, 11) is 0. The quantitative estimate of drug-likeness (QED) is 0.747. The minimum atomic E-state index is 0.147. The van der Waals surface area contributed by atoms with Crippen LogP contribution in [0.2, 0.25) is 0 Å². The minimum absolute atomic E-state index is 0.147. The second kappa shape index (κ2) is 6.15. The van der Waals surface area contributed by atoms with Crippen LogP contribution in [0.25, 0.3) is 0 Å². The summed E-state index contributed by atoms with van der Waals surface area (Å²) in [6, 6.07) is 0. The van der Waals surface area contributed by atoms with E-state index >= 15 is 0 Å². The van der Waals surface area contributed by atoms with Gasteiger partial charge in [-0.3, -0.25) is 9.59 Å². The summed E-state index contributed by atoms with van der Waals surface area (Å²) in [5.41, 5.74) is 0. The summed E-state index contributed by atoms with van der Waals surface area (Å²) < 4.78 is 5.21. The number of ether oxygens (including phenoxy) is 1. The number of carbonyl (C=O) groups is 2. The molecule has 0 radical (unpaired) electrons. The van der Waals surface area contributed by atoms with Crippen LogP contribution in [0.1, 0.15) is 38.5 Å². The second-order valence-electron chi connectivity index (χ2n) is 4.94. The molecule has 2 fully saturated rings. The largest absolute Gasteiger partial charge is 0.378 e. The van der Waals surface area contributed by atoms with Crippen molar-refractivity contribution >= 4 is 11.7 Å². The van der Waals surface area contributed by atoms with Gasteiger partial charge in [-0.1, -0.05) is 6.42 Å². The van der Waals surface area contributed by atoms with Crippen LogP contribution in [0, 0.1) is 5.92 Å². The van der Waals surface area contributed by atoms with Gasteiger partial charge < -0.3 is 9.64 Å².